The number of aromatic nitrogens is 2. The maximum Gasteiger partial charge on any atom is 0.227 e. The average molecular weight is 283 g/mol. The summed E-state index contributed by atoms with van der Waals surface area (Å²) in [6.07, 6.45) is 6.95. The first kappa shape index (κ1) is 13.0. The average Bonchev–Trinajstić information content (AvgIpc) is 3.23. The zero-order valence-corrected chi connectivity index (χ0v) is 12.2. The van der Waals surface area contributed by atoms with Crippen LogP contribution >= 0.6 is 0 Å². The van der Waals surface area contributed by atoms with Gasteiger partial charge >= 0.3 is 0 Å². The monoisotopic (exact) mass is 283 g/mol. The van der Waals surface area contributed by atoms with E-state index in [0.29, 0.717) is 5.92 Å². The van der Waals surface area contributed by atoms with Gasteiger partial charge in [-0.25, -0.2) is 0 Å². The lowest BCUT2D eigenvalue weighted by molar-refractivity contribution is 0.367. The molecule has 1 saturated carbocycles. The Balaban J connectivity index is 1.47. The smallest absolute Gasteiger partial charge is 0.227 e. The normalized spacial score (nSPS) is 21.2. The van der Waals surface area contributed by atoms with Crippen LogP contribution in [0.1, 0.15) is 54.4 Å². The Morgan fingerprint density at radius 1 is 1.19 bits per heavy atom. The first-order chi connectivity index (χ1) is 10.4. The van der Waals surface area contributed by atoms with Crippen molar-refractivity contribution in [2.75, 3.05) is 6.54 Å². The lowest BCUT2D eigenvalue weighted by atomic mass is 9.82. The van der Waals surface area contributed by atoms with Gasteiger partial charge in [-0.3, -0.25) is 0 Å². The van der Waals surface area contributed by atoms with E-state index < -0.39 is 0 Å². The highest BCUT2D eigenvalue weighted by atomic mass is 16.5. The molecule has 0 spiro atoms. The fourth-order valence-corrected chi connectivity index (χ4v) is 3.20. The van der Waals surface area contributed by atoms with Crippen molar-refractivity contribution < 1.29 is 4.52 Å². The van der Waals surface area contributed by atoms with Gasteiger partial charge in [0, 0.05) is 24.9 Å². The topological polar surface area (TPSA) is 51.0 Å². The maximum absolute atomic E-state index is 5.43. The number of hydrogen-bond donors (Lipinski definition) is 1. The molecule has 1 atom stereocenters. The number of benzene rings is 1. The number of nitrogens with zero attached hydrogens (tertiary/aromatic N) is 2. The molecule has 1 aromatic carbocycles. The Labute approximate surface area is 124 Å². The van der Waals surface area contributed by atoms with Gasteiger partial charge < -0.3 is 9.84 Å². The SMILES string of the molecule is c1ccc2c(c1)CCCC2c1noc(CCNC2CC2)n1. The third-order valence-corrected chi connectivity index (χ3v) is 4.51. The minimum atomic E-state index is 0.309. The van der Waals surface area contributed by atoms with Gasteiger partial charge in [-0.1, -0.05) is 29.4 Å². The van der Waals surface area contributed by atoms with Crippen LogP contribution in [0.3, 0.4) is 0 Å². The van der Waals surface area contributed by atoms with Crippen LogP contribution in [-0.4, -0.2) is 22.7 Å². The molecule has 21 heavy (non-hydrogen) atoms. The molecule has 4 nitrogen and oxygen atoms in total. The summed E-state index contributed by atoms with van der Waals surface area (Å²) in [4.78, 5) is 4.63. The Morgan fingerprint density at radius 3 is 3.00 bits per heavy atom. The first-order valence-electron chi connectivity index (χ1n) is 8.04. The van der Waals surface area contributed by atoms with E-state index in [1.54, 1.807) is 0 Å². The van der Waals surface area contributed by atoms with Crippen molar-refractivity contribution in [1.82, 2.24) is 15.5 Å². The van der Waals surface area contributed by atoms with Gasteiger partial charge in [0.15, 0.2) is 5.82 Å². The number of nitrogens with one attached hydrogen (secondary N) is 1. The summed E-state index contributed by atoms with van der Waals surface area (Å²) in [7, 11) is 0. The summed E-state index contributed by atoms with van der Waals surface area (Å²) in [5.41, 5.74) is 2.82. The van der Waals surface area contributed by atoms with E-state index in [1.165, 1.54) is 36.8 Å². The lowest BCUT2D eigenvalue weighted by Crippen LogP contribution is -2.19. The van der Waals surface area contributed by atoms with Gasteiger partial charge in [-0.05, 0) is 43.2 Å². The largest absolute Gasteiger partial charge is 0.339 e. The van der Waals surface area contributed by atoms with Crippen LogP contribution < -0.4 is 5.32 Å². The Bertz CT molecular complexity index is 618. The molecule has 1 aromatic heterocycles. The van der Waals surface area contributed by atoms with E-state index in [1.807, 2.05) is 0 Å². The molecule has 0 saturated heterocycles. The van der Waals surface area contributed by atoms with Crippen LogP contribution in [0.5, 0.6) is 0 Å². The Kier molecular flexibility index (Phi) is 3.47. The molecule has 0 aliphatic heterocycles. The summed E-state index contributed by atoms with van der Waals surface area (Å²) in [6.45, 7) is 0.938. The summed E-state index contributed by atoms with van der Waals surface area (Å²) < 4.78 is 5.43. The fraction of sp³-hybridized carbons (Fsp3) is 0.529. The minimum absolute atomic E-state index is 0.309. The van der Waals surface area contributed by atoms with Crippen molar-refractivity contribution in [1.29, 1.82) is 0 Å². The van der Waals surface area contributed by atoms with Crippen molar-refractivity contribution in [2.24, 2.45) is 0 Å². The molecule has 0 radical (unpaired) electrons. The van der Waals surface area contributed by atoms with Crippen LogP contribution in [0.4, 0.5) is 0 Å². The van der Waals surface area contributed by atoms with E-state index in [0.717, 1.165) is 37.1 Å². The van der Waals surface area contributed by atoms with E-state index in [-0.39, 0.29) is 0 Å². The highest BCUT2D eigenvalue weighted by Gasteiger charge is 2.26. The molecule has 4 rings (SSSR count). The van der Waals surface area contributed by atoms with Gasteiger partial charge in [0.25, 0.3) is 0 Å². The molecule has 110 valence electrons. The Hall–Kier alpha value is -1.68. The molecular weight excluding hydrogens is 262 g/mol. The molecule has 0 amide bonds. The molecule has 2 aliphatic carbocycles. The molecule has 1 N–H and O–H groups in total. The zero-order valence-electron chi connectivity index (χ0n) is 12.2. The number of fused-ring (bicyclic) bond motifs is 1. The molecule has 1 unspecified atom stereocenters. The van der Waals surface area contributed by atoms with Crippen LogP contribution in [-0.2, 0) is 12.8 Å². The van der Waals surface area contributed by atoms with Gasteiger partial charge in [0.2, 0.25) is 5.89 Å². The highest BCUT2D eigenvalue weighted by molar-refractivity contribution is 5.36. The van der Waals surface area contributed by atoms with Crippen molar-refractivity contribution >= 4 is 0 Å². The minimum Gasteiger partial charge on any atom is -0.339 e. The molecule has 2 aliphatic rings. The second kappa shape index (κ2) is 5.60. The molecular formula is C17H21N3O. The second-order valence-electron chi connectivity index (χ2n) is 6.17. The van der Waals surface area contributed by atoms with Crippen LogP contribution in [0, 0.1) is 0 Å². The van der Waals surface area contributed by atoms with Crippen LogP contribution in [0.15, 0.2) is 28.8 Å². The standard InChI is InChI=1S/C17H21N3O/c1-2-6-14-12(4-1)5-3-7-15(14)17-19-16(21-20-17)10-11-18-13-8-9-13/h1-2,4,6,13,15,18H,3,5,7-11H2. The van der Waals surface area contributed by atoms with Crippen molar-refractivity contribution in [3.05, 3.63) is 47.1 Å². The van der Waals surface area contributed by atoms with Crippen molar-refractivity contribution in [3.63, 3.8) is 0 Å². The second-order valence-corrected chi connectivity index (χ2v) is 6.17. The predicted molar refractivity (Wildman–Crippen MR) is 80.2 cm³/mol. The molecule has 1 fully saturated rings. The van der Waals surface area contributed by atoms with Gasteiger partial charge in [0.05, 0.1) is 0 Å². The first-order valence-corrected chi connectivity index (χ1v) is 8.04. The van der Waals surface area contributed by atoms with E-state index >= 15 is 0 Å². The zero-order chi connectivity index (χ0) is 14.1. The summed E-state index contributed by atoms with van der Waals surface area (Å²) in [5.74, 6) is 1.94. The summed E-state index contributed by atoms with van der Waals surface area (Å²) in [5, 5.41) is 7.72. The fourth-order valence-electron chi connectivity index (χ4n) is 3.20. The van der Waals surface area contributed by atoms with Crippen molar-refractivity contribution in [3.8, 4) is 0 Å². The highest BCUT2D eigenvalue weighted by Crippen LogP contribution is 2.35. The van der Waals surface area contributed by atoms with Gasteiger partial charge in [-0.2, -0.15) is 4.98 Å². The maximum atomic E-state index is 5.43. The number of hydrogen-bond acceptors (Lipinski definition) is 4. The summed E-state index contributed by atoms with van der Waals surface area (Å²) >= 11 is 0. The summed E-state index contributed by atoms with van der Waals surface area (Å²) in [6, 6.07) is 9.40. The molecule has 2 aromatic rings. The number of aryl methyl sites for hydroxylation is 1. The third-order valence-electron chi connectivity index (χ3n) is 4.51. The van der Waals surface area contributed by atoms with Crippen molar-refractivity contribution in [2.45, 2.75) is 50.5 Å². The molecule has 1 heterocycles. The molecule has 0 bridgehead atoms. The Morgan fingerprint density at radius 2 is 2.10 bits per heavy atom. The van der Waals surface area contributed by atoms with E-state index in [9.17, 15) is 0 Å². The van der Waals surface area contributed by atoms with Gasteiger partial charge in [0.1, 0.15) is 0 Å². The van der Waals surface area contributed by atoms with Crippen LogP contribution in [0.25, 0.3) is 0 Å². The number of rotatable bonds is 5. The quantitative estimate of drug-likeness (QED) is 0.916. The molecule has 4 heteroatoms. The predicted octanol–water partition coefficient (Wildman–Crippen LogP) is 2.83. The van der Waals surface area contributed by atoms with Crippen LogP contribution in [0.2, 0.25) is 0 Å². The van der Waals surface area contributed by atoms with E-state index in [4.69, 9.17) is 4.52 Å². The van der Waals surface area contributed by atoms with Gasteiger partial charge in [-0.15, -0.1) is 0 Å². The van der Waals surface area contributed by atoms with E-state index in [2.05, 4.69) is 39.7 Å². The lowest BCUT2D eigenvalue weighted by Gasteiger charge is -2.22. The third kappa shape index (κ3) is 2.86.